The number of hydrogen-bond acceptors (Lipinski definition) is 7. The molecular weight excluding hydrogens is 414 g/mol. The topological polar surface area (TPSA) is 194 Å². The molecule has 0 aromatic heterocycles. The number of amides is 4. The van der Waals surface area contributed by atoms with Gasteiger partial charge in [-0.3, -0.25) is 19.2 Å². The predicted molar refractivity (Wildman–Crippen MR) is 110 cm³/mol. The quantitative estimate of drug-likeness (QED) is 0.175. The molecule has 1 rings (SSSR count). The van der Waals surface area contributed by atoms with Crippen molar-refractivity contribution < 1.29 is 29.1 Å². The number of nitrogens with two attached hydrogens (primary N) is 2. The molecule has 0 aliphatic heterocycles. The van der Waals surface area contributed by atoms with Gasteiger partial charge in [-0.2, -0.15) is 12.6 Å². The second kappa shape index (κ2) is 12.4. The van der Waals surface area contributed by atoms with Gasteiger partial charge in [-0.05, 0) is 5.56 Å². The van der Waals surface area contributed by atoms with E-state index in [9.17, 15) is 29.1 Å². The maximum Gasteiger partial charge on any atom is 0.326 e. The maximum atomic E-state index is 12.2. The van der Waals surface area contributed by atoms with Crippen molar-refractivity contribution in [3.8, 4) is 0 Å². The third kappa shape index (κ3) is 8.92. The summed E-state index contributed by atoms with van der Waals surface area (Å²) in [6.45, 7) is -0.509. The molecule has 0 fully saturated rings. The van der Waals surface area contributed by atoms with Crippen LogP contribution >= 0.6 is 12.6 Å². The number of benzene rings is 1. The van der Waals surface area contributed by atoms with Crippen LogP contribution in [-0.2, 0) is 30.4 Å². The molecule has 3 unspecified atom stereocenters. The van der Waals surface area contributed by atoms with Crippen molar-refractivity contribution in [3.63, 3.8) is 0 Å². The Morgan fingerprint density at radius 1 is 1.00 bits per heavy atom. The fourth-order valence-electron chi connectivity index (χ4n) is 2.37. The molecule has 0 heterocycles. The number of carbonyl (C=O) groups excluding carboxylic acids is 4. The SMILES string of the molecule is NC(=O)CC(N)C(=O)NC(CS)C(=O)NCC(=O)NC(Cc1ccccc1)C(=O)O. The van der Waals surface area contributed by atoms with E-state index in [2.05, 4.69) is 28.6 Å². The number of carboxylic acid groups (broad SMARTS) is 1. The van der Waals surface area contributed by atoms with Crippen LogP contribution in [0.3, 0.4) is 0 Å². The minimum Gasteiger partial charge on any atom is -0.480 e. The summed E-state index contributed by atoms with van der Waals surface area (Å²) in [6, 6.07) is 5.21. The Bertz CT molecular complexity index is 776. The fraction of sp³-hybridized carbons (Fsp3) is 0.389. The van der Waals surface area contributed by atoms with Crippen LogP contribution in [0.25, 0.3) is 0 Å². The van der Waals surface area contributed by atoms with Gasteiger partial charge in [-0.15, -0.1) is 0 Å². The van der Waals surface area contributed by atoms with Crippen molar-refractivity contribution >= 4 is 42.2 Å². The van der Waals surface area contributed by atoms with Crippen LogP contribution < -0.4 is 27.4 Å². The molecule has 0 saturated heterocycles. The third-order valence-electron chi connectivity index (χ3n) is 3.91. The van der Waals surface area contributed by atoms with Gasteiger partial charge in [0.15, 0.2) is 0 Å². The first kappa shape index (κ1) is 24.9. The number of carboxylic acids is 1. The summed E-state index contributed by atoms with van der Waals surface area (Å²) < 4.78 is 0. The van der Waals surface area contributed by atoms with E-state index in [-0.39, 0.29) is 12.2 Å². The Hall–Kier alpha value is -3.12. The lowest BCUT2D eigenvalue weighted by molar-refractivity contribution is -0.141. The zero-order valence-corrected chi connectivity index (χ0v) is 16.9. The minimum absolute atomic E-state index is 0.0724. The number of nitrogens with one attached hydrogen (secondary N) is 3. The van der Waals surface area contributed by atoms with E-state index in [0.29, 0.717) is 0 Å². The molecule has 1 aromatic rings. The van der Waals surface area contributed by atoms with Crippen molar-refractivity contribution in [1.29, 1.82) is 0 Å². The van der Waals surface area contributed by atoms with E-state index in [0.717, 1.165) is 5.56 Å². The average Bonchev–Trinajstić information content (AvgIpc) is 2.69. The zero-order chi connectivity index (χ0) is 22.7. The Kier molecular flexibility index (Phi) is 10.3. The molecule has 0 spiro atoms. The lowest BCUT2D eigenvalue weighted by Crippen LogP contribution is -2.54. The van der Waals surface area contributed by atoms with Gasteiger partial charge in [-0.25, -0.2) is 4.79 Å². The van der Waals surface area contributed by atoms with E-state index in [1.807, 2.05) is 0 Å². The second-order valence-electron chi connectivity index (χ2n) is 6.39. The van der Waals surface area contributed by atoms with Crippen molar-refractivity contribution in [1.82, 2.24) is 16.0 Å². The van der Waals surface area contributed by atoms with Crippen LogP contribution in [0.4, 0.5) is 0 Å². The highest BCUT2D eigenvalue weighted by Crippen LogP contribution is 2.03. The number of thiol groups is 1. The van der Waals surface area contributed by atoms with E-state index in [1.165, 1.54) is 0 Å². The smallest absolute Gasteiger partial charge is 0.326 e. The molecule has 164 valence electrons. The first-order chi connectivity index (χ1) is 14.1. The highest BCUT2D eigenvalue weighted by molar-refractivity contribution is 7.80. The van der Waals surface area contributed by atoms with Crippen LogP contribution in [-0.4, -0.2) is 65.1 Å². The largest absolute Gasteiger partial charge is 0.480 e. The first-order valence-electron chi connectivity index (χ1n) is 8.93. The summed E-state index contributed by atoms with van der Waals surface area (Å²) in [7, 11) is 0. The van der Waals surface area contributed by atoms with Crippen LogP contribution in [0.2, 0.25) is 0 Å². The van der Waals surface area contributed by atoms with E-state index in [1.54, 1.807) is 30.3 Å². The molecule has 1 aromatic carbocycles. The fourth-order valence-corrected chi connectivity index (χ4v) is 2.63. The standard InChI is InChI=1S/C18H25N5O6S/c19-11(7-14(20)24)16(26)23-13(9-30)17(27)21-8-15(25)22-12(18(28)29)6-10-4-2-1-3-5-10/h1-5,11-13,30H,6-9,19H2,(H2,20,24)(H,21,27)(H,22,25)(H,23,26)(H,28,29). The average molecular weight is 439 g/mol. The molecule has 8 N–H and O–H groups in total. The van der Waals surface area contributed by atoms with Gasteiger partial charge in [0.05, 0.1) is 19.0 Å². The number of rotatable bonds is 12. The molecule has 0 aliphatic rings. The summed E-state index contributed by atoms with van der Waals surface area (Å²) in [4.78, 5) is 58.3. The Balaban J connectivity index is 2.55. The van der Waals surface area contributed by atoms with Crippen LogP contribution in [0, 0.1) is 0 Å². The lowest BCUT2D eigenvalue weighted by atomic mass is 10.1. The lowest BCUT2D eigenvalue weighted by Gasteiger charge is -2.19. The molecule has 30 heavy (non-hydrogen) atoms. The van der Waals surface area contributed by atoms with Gasteiger partial charge >= 0.3 is 5.97 Å². The van der Waals surface area contributed by atoms with E-state index in [4.69, 9.17) is 11.5 Å². The summed E-state index contributed by atoms with van der Waals surface area (Å²) in [5, 5.41) is 16.2. The second-order valence-corrected chi connectivity index (χ2v) is 6.75. The number of hydrogen-bond donors (Lipinski definition) is 7. The summed E-state index contributed by atoms with van der Waals surface area (Å²) in [5.74, 6) is -4.32. The normalized spacial score (nSPS) is 13.4. The molecule has 0 aliphatic carbocycles. The van der Waals surface area contributed by atoms with E-state index < -0.39 is 60.7 Å². The molecular formula is C18H25N5O6S. The summed E-state index contributed by atoms with van der Waals surface area (Å²) in [5.41, 5.74) is 11.2. The van der Waals surface area contributed by atoms with Crippen molar-refractivity contribution in [2.45, 2.75) is 31.0 Å². The zero-order valence-electron chi connectivity index (χ0n) is 16.0. The van der Waals surface area contributed by atoms with Crippen LogP contribution in [0.5, 0.6) is 0 Å². The highest BCUT2D eigenvalue weighted by Gasteiger charge is 2.25. The molecule has 11 nitrogen and oxygen atoms in total. The molecule has 12 heteroatoms. The molecule has 3 atom stereocenters. The van der Waals surface area contributed by atoms with Gasteiger partial charge in [-0.1, -0.05) is 30.3 Å². The minimum atomic E-state index is -1.23. The van der Waals surface area contributed by atoms with Gasteiger partial charge in [0, 0.05) is 12.2 Å². The number of aliphatic carboxylic acids is 1. The molecule has 4 amide bonds. The number of carbonyl (C=O) groups is 5. The van der Waals surface area contributed by atoms with Crippen molar-refractivity contribution in [2.75, 3.05) is 12.3 Å². The first-order valence-corrected chi connectivity index (χ1v) is 9.56. The van der Waals surface area contributed by atoms with Gasteiger partial charge in [0.1, 0.15) is 12.1 Å². The molecule has 0 bridgehead atoms. The summed E-state index contributed by atoms with van der Waals surface area (Å²) in [6.07, 6.45) is -0.323. The third-order valence-corrected chi connectivity index (χ3v) is 4.28. The van der Waals surface area contributed by atoms with Crippen molar-refractivity contribution in [3.05, 3.63) is 35.9 Å². The Morgan fingerprint density at radius 3 is 2.17 bits per heavy atom. The molecule has 0 radical (unpaired) electrons. The highest BCUT2D eigenvalue weighted by atomic mass is 32.1. The van der Waals surface area contributed by atoms with Crippen LogP contribution in [0.1, 0.15) is 12.0 Å². The monoisotopic (exact) mass is 439 g/mol. The molecule has 0 saturated carbocycles. The van der Waals surface area contributed by atoms with Gasteiger partial charge < -0.3 is 32.5 Å². The van der Waals surface area contributed by atoms with Gasteiger partial charge in [0.25, 0.3) is 0 Å². The maximum absolute atomic E-state index is 12.2. The Labute approximate surface area is 178 Å². The van der Waals surface area contributed by atoms with Gasteiger partial charge in [0.2, 0.25) is 23.6 Å². The van der Waals surface area contributed by atoms with Crippen molar-refractivity contribution in [2.24, 2.45) is 11.5 Å². The predicted octanol–water partition coefficient (Wildman–Crippen LogP) is -2.47. The number of primary amides is 1. The summed E-state index contributed by atoms with van der Waals surface area (Å²) >= 11 is 3.96. The Morgan fingerprint density at radius 2 is 1.63 bits per heavy atom. The van der Waals surface area contributed by atoms with Crippen LogP contribution in [0.15, 0.2) is 30.3 Å². The van der Waals surface area contributed by atoms with E-state index >= 15 is 0 Å².